The molecule has 1 N–H and O–H groups in total. The number of hydrogen-bond donors (Lipinski definition) is 1. The van der Waals surface area contributed by atoms with Crippen LogP contribution in [0.25, 0.3) is 0 Å². The van der Waals surface area contributed by atoms with Crippen LogP contribution in [0.2, 0.25) is 5.02 Å². The Morgan fingerprint density at radius 2 is 2.00 bits per heavy atom. The average molecular weight is 158 g/mol. The van der Waals surface area contributed by atoms with Crippen molar-refractivity contribution in [1.29, 1.82) is 0 Å². The molecule has 10 heavy (non-hydrogen) atoms. The lowest BCUT2D eigenvalue weighted by atomic mass is 9.93. The van der Waals surface area contributed by atoms with E-state index in [9.17, 15) is 0 Å². The van der Waals surface area contributed by atoms with Crippen LogP contribution in [0.5, 0.6) is 0 Å². The van der Waals surface area contributed by atoms with Crippen LogP contribution in [0.15, 0.2) is 12.3 Å². The van der Waals surface area contributed by atoms with Crippen LogP contribution in [-0.2, 0) is 5.41 Å². The molecule has 2 heteroatoms. The highest BCUT2D eigenvalue weighted by Crippen LogP contribution is 2.27. The molecule has 1 nitrogen and oxygen atoms in total. The highest BCUT2D eigenvalue weighted by molar-refractivity contribution is 6.31. The van der Waals surface area contributed by atoms with Crippen LogP contribution in [0.4, 0.5) is 0 Å². The zero-order valence-corrected chi connectivity index (χ0v) is 7.29. The summed E-state index contributed by atoms with van der Waals surface area (Å²) in [6, 6.07) is 1.88. The molecule has 0 unspecified atom stereocenters. The Hall–Kier alpha value is -0.430. The number of nitrogens with one attached hydrogen (secondary N) is 1. The molecule has 0 spiro atoms. The molecule has 0 aromatic carbocycles. The SMILES string of the molecule is CC(C)(C)c1[nH]ccc1Cl. The summed E-state index contributed by atoms with van der Waals surface area (Å²) in [7, 11) is 0. The predicted octanol–water partition coefficient (Wildman–Crippen LogP) is 2.97. The van der Waals surface area contributed by atoms with Gasteiger partial charge < -0.3 is 4.98 Å². The Morgan fingerprint density at radius 3 is 2.20 bits per heavy atom. The second-order valence-electron chi connectivity index (χ2n) is 3.45. The van der Waals surface area contributed by atoms with Crippen molar-refractivity contribution in [2.45, 2.75) is 26.2 Å². The molecular formula is C8H12ClN. The van der Waals surface area contributed by atoms with Crippen molar-refractivity contribution in [1.82, 2.24) is 4.98 Å². The highest BCUT2D eigenvalue weighted by Gasteiger charge is 2.17. The maximum atomic E-state index is 5.89. The molecule has 0 bridgehead atoms. The van der Waals surface area contributed by atoms with Gasteiger partial charge in [0.25, 0.3) is 0 Å². The van der Waals surface area contributed by atoms with Crippen molar-refractivity contribution in [3.05, 3.63) is 23.0 Å². The topological polar surface area (TPSA) is 15.8 Å². The van der Waals surface area contributed by atoms with Crippen molar-refractivity contribution in [2.75, 3.05) is 0 Å². The maximum absolute atomic E-state index is 5.89. The van der Waals surface area contributed by atoms with Gasteiger partial charge in [-0.1, -0.05) is 32.4 Å². The lowest BCUT2D eigenvalue weighted by Crippen LogP contribution is -2.11. The third-order valence-corrected chi connectivity index (χ3v) is 1.76. The quantitative estimate of drug-likeness (QED) is 0.596. The minimum atomic E-state index is 0.126. The van der Waals surface area contributed by atoms with Crippen molar-refractivity contribution >= 4 is 11.6 Å². The molecule has 1 aromatic heterocycles. The Labute approximate surface area is 66.4 Å². The van der Waals surface area contributed by atoms with Gasteiger partial charge in [0.05, 0.1) is 5.02 Å². The molecule has 1 heterocycles. The van der Waals surface area contributed by atoms with E-state index in [1.165, 1.54) is 0 Å². The molecule has 0 atom stereocenters. The fourth-order valence-corrected chi connectivity index (χ4v) is 1.33. The van der Waals surface area contributed by atoms with E-state index in [1.807, 2.05) is 12.3 Å². The molecule has 0 aliphatic rings. The van der Waals surface area contributed by atoms with Crippen molar-refractivity contribution in [3.63, 3.8) is 0 Å². The number of hydrogen-bond acceptors (Lipinski definition) is 0. The van der Waals surface area contributed by atoms with Crippen molar-refractivity contribution in [3.8, 4) is 0 Å². The number of aromatic amines is 1. The minimum Gasteiger partial charge on any atom is -0.363 e. The largest absolute Gasteiger partial charge is 0.363 e. The Bertz CT molecular complexity index is 219. The van der Waals surface area contributed by atoms with Crippen molar-refractivity contribution < 1.29 is 0 Å². The van der Waals surface area contributed by atoms with Crippen LogP contribution in [0.1, 0.15) is 26.5 Å². The molecule has 0 fully saturated rings. The summed E-state index contributed by atoms with van der Waals surface area (Å²) in [5.41, 5.74) is 1.23. The first kappa shape index (κ1) is 7.67. The van der Waals surface area contributed by atoms with Gasteiger partial charge in [-0.15, -0.1) is 0 Å². The van der Waals surface area contributed by atoms with E-state index in [-0.39, 0.29) is 5.41 Å². The molecule has 56 valence electrons. The van der Waals surface area contributed by atoms with Gasteiger partial charge in [-0.3, -0.25) is 0 Å². The number of aromatic nitrogens is 1. The summed E-state index contributed by atoms with van der Waals surface area (Å²) in [5.74, 6) is 0. The zero-order valence-electron chi connectivity index (χ0n) is 6.53. The number of halogens is 1. The maximum Gasteiger partial charge on any atom is 0.0618 e. The van der Waals surface area contributed by atoms with E-state index in [4.69, 9.17) is 11.6 Å². The molecule has 0 amide bonds. The molecule has 0 saturated carbocycles. The molecular weight excluding hydrogens is 146 g/mol. The molecule has 0 saturated heterocycles. The molecule has 0 aliphatic carbocycles. The highest BCUT2D eigenvalue weighted by atomic mass is 35.5. The number of H-pyrrole nitrogens is 1. The van der Waals surface area contributed by atoms with Gasteiger partial charge >= 0.3 is 0 Å². The molecule has 1 aromatic rings. The first-order valence-electron chi connectivity index (χ1n) is 3.35. The summed E-state index contributed by atoms with van der Waals surface area (Å²) in [4.78, 5) is 3.11. The van der Waals surface area contributed by atoms with Crippen LogP contribution in [0, 0.1) is 0 Å². The van der Waals surface area contributed by atoms with E-state index in [1.54, 1.807) is 0 Å². The van der Waals surface area contributed by atoms with E-state index in [0.29, 0.717) is 0 Å². The molecule has 0 radical (unpaired) electrons. The van der Waals surface area contributed by atoms with Gasteiger partial charge in [-0.05, 0) is 6.07 Å². The summed E-state index contributed by atoms with van der Waals surface area (Å²) in [5, 5.41) is 0.826. The first-order chi connectivity index (χ1) is 4.52. The second kappa shape index (κ2) is 2.31. The lowest BCUT2D eigenvalue weighted by Gasteiger charge is -2.16. The van der Waals surface area contributed by atoms with E-state index >= 15 is 0 Å². The van der Waals surface area contributed by atoms with Gasteiger partial charge in [-0.25, -0.2) is 0 Å². The summed E-state index contributed by atoms with van der Waals surface area (Å²) < 4.78 is 0. The van der Waals surface area contributed by atoms with Gasteiger partial charge in [0.15, 0.2) is 0 Å². The van der Waals surface area contributed by atoms with Gasteiger partial charge in [-0.2, -0.15) is 0 Å². The van der Waals surface area contributed by atoms with Gasteiger partial charge in [0.1, 0.15) is 0 Å². The van der Waals surface area contributed by atoms with E-state index in [2.05, 4.69) is 25.8 Å². The minimum absolute atomic E-state index is 0.126. The fraction of sp³-hybridized carbons (Fsp3) is 0.500. The van der Waals surface area contributed by atoms with E-state index in [0.717, 1.165) is 10.7 Å². The molecule has 0 aliphatic heterocycles. The summed E-state index contributed by atoms with van der Waals surface area (Å²) >= 11 is 5.89. The Balaban J connectivity index is 3.05. The third-order valence-electron chi connectivity index (χ3n) is 1.45. The average Bonchev–Trinajstić information content (AvgIpc) is 2.11. The normalized spacial score (nSPS) is 12.0. The van der Waals surface area contributed by atoms with Gasteiger partial charge in [0, 0.05) is 17.3 Å². The Morgan fingerprint density at radius 1 is 1.40 bits per heavy atom. The Kier molecular flexibility index (Phi) is 1.78. The first-order valence-corrected chi connectivity index (χ1v) is 3.73. The summed E-state index contributed by atoms with van der Waals surface area (Å²) in [6.07, 6.45) is 1.86. The van der Waals surface area contributed by atoms with E-state index < -0.39 is 0 Å². The van der Waals surface area contributed by atoms with Gasteiger partial charge in [0.2, 0.25) is 0 Å². The van der Waals surface area contributed by atoms with Crippen molar-refractivity contribution in [2.24, 2.45) is 0 Å². The standard InChI is InChI=1S/C8H12ClN/c1-8(2,3)7-6(9)4-5-10-7/h4-5,10H,1-3H3. The van der Waals surface area contributed by atoms with Crippen LogP contribution < -0.4 is 0 Å². The fourth-order valence-electron chi connectivity index (χ4n) is 0.925. The van der Waals surface area contributed by atoms with Crippen LogP contribution >= 0.6 is 11.6 Å². The predicted molar refractivity (Wildman–Crippen MR) is 44.5 cm³/mol. The molecule has 1 rings (SSSR count). The zero-order chi connectivity index (χ0) is 7.78. The van der Waals surface area contributed by atoms with Crippen LogP contribution in [0.3, 0.4) is 0 Å². The van der Waals surface area contributed by atoms with Crippen LogP contribution in [-0.4, -0.2) is 4.98 Å². The lowest BCUT2D eigenvalue weighted by molar-refractivity contribution is 0.573. The smallest absolute Gasteiger partial charge is 0.0618 e. The summed E-state index contributed by atoms with van der Waals surface area (Å²) in [6.45, 7) is 6.39. The second-order valence-corrected chi connectivity index (χ2v) is 3.86. The number of rotatable bonds is 0. The monoisotopic (exact) mass is 157 g/mol. The third kappa shape index (κ3) is 1.35.